The highest BCUT2D eigenvalue weighted by Gasteiger charge is 2.33. The molecule has 5 rings (SSSR count). The number of nitrogens with zero attached hydrogens (tertiary/aromatic N) is 4. The topological polar surface area (TPSA) is 63.1 Å². The largest absolute Gasteiger partial charge is 0.433 e. The number of amides is 1. The molecule has 1 saturated heterocycles. The van der Waals surface area contributed by atoms with E-state index in [2.05, 4.69) is 49.4 Å². The van der Waals surface area contributed by atoms with E-state index in [1.807, 2.05) is 18.3 Å². The van der Waals surface area contributed by atoms with Crippen LogP contribution in [0, 0.1) is 5.92 Å². The first-order valence-corrected chi connectivity index (χ1v) is 13.7. The zero-order chi connectivity index (χ0) is 25.4. The average molecular weight is 611 g/mol. The minimum atomic E-state index is -4.61. The van der Waals surface area contributed by atoms with Crippen molar-refractivity contribution in [3.8, 4) is 0 Å². The number of alkyl halides is 4. The number of carbonyl (C=O) groups excluding carboxylic acids is 1. The molecule has 0 radical (unpaired) electrons. The lowest BCUT2D eigenvalue weighted by atomic mass is 9.84. The SMILES string of the molecule is CC(I)C1CCC(n2cc3cc(NC(=O)c4cccc(C(F)(F)F)n4)c(N4CCCC4)cc3n2)CC1. The van der Waals surface area contributed by atoms with Gasteiger partial charge in [0.2, 0.25) is 0 Å². The summed E-state index contributed by atoms with van der Waals surface area (Å²) in [6, 6.07) is 7.59. The molecule has 10 heteroatoms. The van der Waals surface area contributed by atoms with Crippen LogP contribution in [0.2, 0.25) is 0 Å². The quantitative estimate of drug-likeness (QED) is 0.253. The minimum Gasteiger partial charge on any atom is -0.370 e. The number of aromatic nitrogens is 3. The van der Waals surface area contributed by atoms with Crippen molar-refractivity contribution in [2.45, 2.75) is 61.6 Å². The Morgan fingerprint density at radius 2 is 1.86 bits per heavy atom. The molecule has 0 bridgehead atoms. The van der Waals surface area contributed by atoms with Gasteiger partial charge < -0.3 is 10.2 Å². The minimum absolute atomic E-state index is 0.269. The van der Waals surface area contributed by atoms with E-state index in [0.29, 0.717) is 15.7 Å². The monoisotopic (exact) mass is 611 g/mol. The van der Waals surface area contributed by atoms with Crippen LogP contribution in [-0.4, -0.2) is 37.7 Å². The Morgan fingerprint density at radius 3 is 2.53 bits per heavy atom. The van der Waals surface area contributed by atoms with E-state index in [1.165, 1.54) is 25.0 Å². The summed E-state index contributed by atoms with van der Waals surface area (Å²) in [5.74, 6) is 0.0828. The third-order valence-corrected chi connectivity index (χ3v) is 8.39. The van der Waals surface area contributed by atoms with Crippen LogP contribution in [0.5, 0.6) is 0 Å². The number of anilines is 2. The molecule has 0 spiro atoms. The molecule has 2 fully saturated rings. The summed E-state index contributed by atoms with van der Waals surface area (Å²) in [7, 11) is 0. The lowest BCUT2D eigenvalue weighted by Crippen LogP contribution is -2.22. The van der Waals surface area contributed by atoms with E-state index in [0.717, 1.165) is 67.3 Å². The Balaban J connectivity index is 1.44. The fourth-order valence-corrected chi connectivity index (χ4v) is 6.04. The number of halogens is 4. The normalized spacial score (nSPS) is 21.6. The summed E-state index contributed by atoms with van der Waals surface area (Å²) >= 11 is 2.52. The van der Waals surface area contributed by atoms with Crippen molar-refractivity contribution in [1.29, 1.82) is 0 Å². The maximum atomic E-state index is 13.1. The maximum absolute atomic E-state index is 13.1. The number of fused-ring (bicyclic) bond motifs is 1. The first-order chi connectivity index (χ1) is 17.2. The third-order valence-electron chi connectivity index (χ3n) is 7.37. The van der Waals surface area contributed by atoms with Gasteiger partial charge in [0.05, 0.1) is 22.9 Å². The fourth-order valence-electron chi connectivity index (χ4n) is 5.32. The van der Waals surface area contributed by atoms with E-state index in [4.69, 9.17) is 5.10 Å². The van der Waals surface area contributed by atoms with Crippen molar-refractivity contribution in [3.63, 3.8) is 0 Å². The third kappa shape index (κ3) is 5.33. The van der Waals surface area contributed by atoms with Crippen LogP contribution < -0.4 is 10.2 Å². The van der Waals surface area contributed by atoms with Gasteiger partial charge in [-0.3, -0.25) is 9.48 Å². The van der Waals surface area contributed by atoms with Crippen LogP contribution in [0.15, 0.2) is 36.5 Å². The zero-order valence-electron chi connectivity index (χ0n) is 20.1. The summed E-state index contributed by atoms with van der Waals surface area (Å²) in [5, 5.41) is 8.62. The fraction of sp³-hybridized carbons (Fsp3) is 0.500. The van der Waals surface area contributed by atoms with Crippen molar-refractivity contribution < 1.29 is 18.0 Å². The van der Waals surface area contributed by atoms with Crippen molar-refractivity contribution in [2.24, 2.45) is 5.92 Å². The lowest BCUT2D eigenvalue weighted by molar-refractivity contribution is -0.141. The Morgan fingerprint density at radius 1 is 1.14 bits per heavy atom. The second kappa shape index (κ2) is 10.2. The van der Waals surface area contributed by atoms with Crippen LogP contribution in [-0.2, 0) is 6.18 Å². The molecule has 1 saturated carbocycles. The van der Waals surface area contributed by atoms with Crippen molar-refractivity contribution in [3.05, 3.63) is 47.9 Å². The molecular formula is C26H29F3IN5O. The molecule has 1 unspecified atom stereocenters. The molecule has 36 heavy (non-hydrogen) atoms. The molecule has 3 aromatic rings. The van der Waals surface area contributed by atoms with Gasteiger partial charge in [-0.05, 0) is 68.7 Å². The average Bonchev–Trinajstić information content (AvgIpc) is 3.53. The van der Waals surface area contributed by atoms with E-state index >= 15 is 0 Å². The van der Waals surface area contributed by atoms with Crippen LogP contribution in [0.4, 0.5) is 24.5 Å². The number of benzene rings is 1. The smallest absolute Gasteiger partial charge is 0.370 e. The van der Waals surface area contributed by atoms with Gasteiger partial charge in [0, 0.05) is 28.6 Å². The van der Waals surface area contributed by atoms with Gasteiger partial charge >= 0.3 is 6.18 Å². The predicted octanol–water partition coefficient (Wildman–Crippen LogP) is 6.86. The Labute approximate surface area is 221 Å². The van der Waals surface area contributed by atoms with Crippen LogP contribution in [0.25, 0.3) is 10.9 Å². The second-order valence-corrected chi connectivity index (χ2v) is 11.8. The molecule has 1 N–H and O–H groups in total. The Hall–Kier alpha value is -2.37. The van der Waals surface area contributed by atoms with E-state index < -0.39 is 17.8 Å². The van der Waals surface area contributed by atoms with Crippen LogP contribution in [0.1, 0.15) is 67.7 Å². The molecule has 6 nitrogen and oxygen atoms in total. The molecule has 2 aliphatic rings. The molecule has 1 aliphatic carbocycles. The maximum Gasteiger partial charge on any atom is 0.433 e. The summed E-state index contributed by atoms with van der Waals surface area (Å²) < 4.78 is 42.1. The van der Waals surface area contributed by atoms with E-state index in [9.17, 15) is 18.0 Å². The van der Waals surface area contributed by atoms with E-state index in [-0.39, 0.29) is 5.69 Å². The number of hydrogen-bond acceptors (Lipinski definition) is 4. The van der Waals surface area contributed by atoms with Crippen molar-refractivity contribution in [2.75, 3.05) is 23.3 Å². The predicted molar refractivity (Wildman–Crippen MR) is 143 cm³/mol. The highest BCUT2D eigenvalue weighted by molar-refractivity contribution is 14.1. The van der Waals surface area contributed by atoms with Gasteiger partial charge in [0.15, 0.2) is 0 Å². The Kier molecular flexibility index (Phi) is 7.15. The van der Waals surface area contributed by atoms with Gasteiger partial charge in [-0.2, -0.15) is 18.3 Å². The van der Waals surface area contributed by atoms with Gasteiger partial charge in [0.25, 0.3) is 5.91 Å². The van der Waals surface area contributed by atoms with E-state index in [1.54, 1.807) is 0 Å². The van der Waals surface area contributed by atoms with Crippen molar-refractivity contribution in [1.82, 2.24) is 14.8 Å². The molecule has 2 aromatic heterocycles. The Bertz CT molecular complexity index is 1240. The summed E-state index contributed by atoms with van der Waals surface area (Å²) in [6.07, 6.45) is 4.08. The van der Waals surface area contributed by atoms with Crippen LogP contribution in [0.3, 0.4) is 0 Å². The highest BCUT2D eigenvalue weighted by atomic mass is 127. The number of hydrogen-bond donors (Lipinski definition) is 1. The molecule has 1 atom stereocenters. The molecule has 1 amide bonds. The number of pyridine rings is 1. The number of rotatable bonds is 5. The second-order valence-electron chi connectivity index (χ2n) is 9.84. The molecule has 1 aromatic carbocycles. The van der Waals surface area contributed by atoms with Gasteiger partial charge in [-0.1, -0.05) is 35.6 Å². The van der Waals surface area contributed by atoms with Gasteiger partial charge in [-0.15, -0.1) is 0 Å². The zero-order valence-corrected chi connectivity index (χ0v) is 22.2. The van der Waals surface area contributed by atoms with Gasteiger partial charge in [0.1, 0.15) is 11.4 Å². The first-order valence-electron chi connectivity index (χ1n) is 12.5. The summed E-state index contributed by atoms with van der Waals surface area (Å²) in [6.45, 7) is 3.99. The highest BCUT2D eigenvalue weighted by Crippen LogP contribution is 2.38. The molecule has 1 aliphatic heterocycles. The van der Waals surface area contributed by atoms with Gasteiger partial charge in [-0.25, -0.2) is 4.98 Å². The standard InChI is InChI=1S/C26H29F3IN5O/c1-16(30)17-7-9-19(10-8-17)35-15-18-13-22(23(14-21(18)33-35)34-11-2-3-12-34)32-25(36)20-5-4-6-24(31-20)26(27,28)29/h4-6,13-17,19H,2-3,7-12H2,1H3,(H,32,36). The lowest BCUT2D eigenvalue weighted by Gasteiger charge is -2.30. The first kappa shape index (κ1) is 25.3. The van der Waals surface area contributed by atoms with Crippen LogP contribution >= 0.6 is 22.6 Å². The molecule has 192 valence electrons. The number of nitrogens with one attached hydrogen (secondary N) is 1. The molecule has 3 heterocycles. The number of carbonyl (C=O) groups is 1. The molecular weight excluding hydrogens is 582 g/mol. The summed E-state index contributed by atoms with van der Waals surface area (Å²) in [4.78, 5) is 18.7. The summed E-state index contributed by atoms with van der Waals surface area (Å²) in [5.41, 5.74) is 0.910. The van der Waals surface area contributed by atoms with Crippen molar-refractivity contribution >= 4 is 50.8 Å².